The molecule has 3 aromatic rings. The molecule has 1 N–H and O–H groups in total. The lowest BCUT2D eigenvalue weighted by atomic mass is 9.65. The minimum absolute atomic E-state index is 0.0282. The SMILES string of the molecule is Cc1nnc(NC(=O)[C@H]2c3ccccc3C(=O)N(c3ccccc3)C23CCCCC3)s1. The Labute approximate surface area is 185 Å². The average molecular weight is 433 g/mol. The highest BCUT2D eigenvalue weighted by molar-refractivity contribution is 7.15. The van der Waals surface area contributed by atoms with Crippen LogP contribution in [0.25, 0.3) is 0 Å². The van der Waals surface area contributed by atoms with Crippen molar-refractivity contribution in [3.05, 3.63) is 70.7 Å². The molecule has 1 aromatic heterocycles. The smallest absolute Gasteiger partial charge is 0.259 e. The largest absolute Gasteiger partial charge is 0.301 e. The van der Waals surface area contributed by atoms with E-state index in [0.717, 1.165) is 48.4 Å². The maximum absolute atomic E-state index is 13.8. The number of para-hydroxylation sites is 1. The molecule has 1 fully saturated rings. The van der Waals surface area contributed by atoms with E-state index >= 15 is 0 Å². The Bertz CT molecular complexity index is 1120. The summed E-state index contributed by atoms with van der Waals surface area (Å²) in [6, 6.07) is 17.3. The third-order valence-corrected chi connectivity index (χ3v) is 7.19. The van der Waals surface area contributed by atoms with Gasteiger partial charge in [0, 0.05) is 11.3 Å². The number of nitrogens with one attached hydrogen (secondary N) is 1. The summed E-state index contributed by atoms with van der Waals surface area (Å²) in [4.78, 5) is 29.5. The number of rotatable bonds is 3. The highest BCUT2D eigenvalue weighted by Gasteiger charge is 2.55. The van der Waals surface area contributed by atoms with E-state index in [4.69, 9.17) is 0 Å². The second-order valence-electron chi connectivity index (χ2n) is 8.28. The highest BCUT2D eigenvalue weighted by atomic mass is 32.1. The van der Waals surface area contributed by atoms with E-state index in [1.165, 1.54) is 11.3 Å². The van der Waals surface area contributed by atoms with Gasteiger partial charge in [0.05, 0.1) is 11.5 Å². The second kappa shape index (κ2) is 7.89. The average Bonchev–Trinajstić information content (AvgIpc) is 3.19. The quantitative estimate of drug-likeness (QED) is 0.637. The van der Waals surface area contributed by atoms with Crippen molar-refractivity contribution in [1.82, 2.24) is 10.2 Å². The fourth-order valence-corrected chi connectivity index (χ4v) is 5.82. The molecule has 2 aliphatic rings. The minimum Gasteiger partial charge on any atom is -0.301 e. The Morgan fingerprint density at radius 2 is 1.74 bits per heavy atom. The number of aromatic nitrogens is 2. The van der Waals surface area contributed by atoms with Crippen LogP contribution in [-0.4, -0.2) is 27.6 Å². The number of hydrogen-bond donors (Lipinski definition) is 1. The number of amides is 2. The van der Waals surface area contributed by atoms with Gasteiger partial charge in [-0.1, -0.05) is 67.0 Å². The molecule has 1 aliphatic heterocycles. The fraction of sp³-hybridized carbons (Fsp3) is 0.333. The topological polar surface area (TPSA) is 75.2 Å². The monoisotopic (exact) mass is 432 g/mol. The Morgan fingerprint density at radius 1 is 1.03 bits per heavy atom. The van der Waals surface area contributed by atoms with Crippen molar-refractivity contribution < 1.29 is 9.59 Å². The Hall–Kier alpha value is -3.06. The van der Waals surface area contributed by atoms with Gasteiger partial charge in [0.1, 0.15) is 5.01 Å². The molecule has 0 radical (unpaired) electrons. The van der Waals surface area contributed by atoms with Gasteiger partial charge in [0.15, 0.2) is 0 Å². The molecule has 7 heteroatoms. The van der Waals surface area contributed by atoms with Crippen molar-refractivity contribution in [2.24, 2.45) is 0 Å². The number of nitrogens with zero attached hydrogens (tertiary/aromatic N) is 3. The van der Waals surface area contributed by atoms with Crippen LogP contribution in [-0.2, 0) is 4.79 Å². The van der Waals surface area contributed by atoms with Crippen molar-refractivity contribution in [3.63, 3.8) is 0 Å². The van der Waals surface area contributed by atoms with Gasteiger partial charge in [-0.05, 0) is 43.5 Å². The number of hydrogen-bond acceptors (Lipinski definition) is 5. The van der Waals surface area contributed by atoms with E-state index in [0.29, 0.717) is 10.7 Å². The summed E-state index contributed by atoms with van der Waals surface area (Å²) in [6.07, 6.45) is 4.66. The predicted octanol–water partition coefficient (Wildman–Crippen LogP) is 4.93. The Balaban J connectivity index is 1.68. The van der Waals surface area contributed by atoms with Gasteiger partial charge in [0.25, 0.3) is 5.91 Å². The molecule has 0 unspecified atom stereocenters. The zero-order valence-corrected chi connectivity index (χ0v) is 18.2. The van der Waals surface area contributed by atoms with Crippen molar-refractivity contribution in [2.45, 2.75) is 50.5 Å². The molecule has 1 saturated carbocycles. The summed E-state index contributed by atoms with van der Waals surface area (Å²) in [6.45, 7) is 1.86. The van der Waals surface area contributed by atoms with E-state index in [1.54, 1.807) is 0 Å². The third kappa shape index (κ3) is 3.33. The first-order valence-corrected chi connectivity index (χ1v) is 11.5. The van der Waals surface area contributed by atoms with Crippen LogP contribution >= 0.6 is 11.3 Å². The van der Waals surface area contributed by atoms with Crippen LogP contribution in [0.3, 0.4) is 0 Å². The molecule has 1 spiro atoms. The predicted molar refractivity (Wildman–Crippen MR) is 122 cm³/mol. The number of anilines is 2. The summed E-state index contributed by atoms with van der Waals surface area (Å²) >= 11 is 1.36. The van der Waals surface area contributed by atoms with Crippen LogP contribution in [0.2, 0.25) is 0 Å². The lowest BCUT2D eigenvalue weighted by molar-refractivity contribution is -0.119. The first-order valence-electron chi connectivity index (χ1n) is 10.7. The van der Waals surface area contributed by atoms with Crippen LogP contribution in [0.15, 0.2) is 54.6 Å². The molecular weight excluding hydrogens is 408 g/mol. The molecule has 1 aliphatic carbocycles. The van der Waals surface area contributed by atoms with Gasteiger partial charge in [-0.2, -0.15) is 0 Å². The van der Waals surface area contributed by atoms with E-state index in [2.05, 4.69) is 15.5 Å². The molecule has 2 amide bonds. The minimum atomic E-state index is -0.602. The third-order valence-electron chi connectivity index (χ3n) is 6.44. The molecule has 158 valence electrons. The summed E-state index contributed by atoms with van der Waals surface area (Å²) in [5, 5.41) is 12.4. The van der Waals surface area contributed by atoms with Crippen LogP contribution in [0, 0.1) is 6.92 Å². The Morgan fingerprint density at radius 3 is 2.45 bits per heavy atom. The summed E-state index contributed by atoms with van der Waals surface area (Å²) in [5.41, 5.74) is 1.64. The van der Waals surface area contributed by atoms with Gasteiger partial charge in [0.2, 0.25) is 11.0 Å². The van der Waals surface area contributed by atoms with Crippen molar-refractivity contribution >= 4 is 34.0 Å². The van der Waals surface area contributed by atoms with E-state index < -0.39 is 11.5 Å². The zero-order valence-electron chi connectivity index (χ0n) is 17.4. The van der Waals surface area contributed by atoms with Crippen LogP contribution < -0.4 is 10.2 Å². The summed E-state index contributed by atoms with van der Waals surface area (Å²) < 4.78 is 0. The molecule has 6 nitrogen and oxygen atoms in total. The molecule has 31 heavy (non-hydrogen) atoms. The van der Waals surface area contributed by atoms with E-state index in [1.807, 2.05) is 66.4 Å². The molecule has 0 saturated heterocycles. The second-order valence-corrected chi connectivity index (χ2v) is 9.46. The molecule has 2 aromatic carbocycles. The first-order chi connectivity index (χ1) is 15.1. The van der Waals surface area contributed by atoms with Gasteiger partial charge < -0.3 is 4.90 Å². The molecular formula is C24H24N4O2S. The number of carbonyl (C=O) groups is 2. The molecule has 5 rings (SSSR count). The maximum Gasteiger partial charge on any atom is 0.259 e. The lowest BCUT2D eigenvalue weighted by Gasteiger charge is -2.53. The number of fused-ring (bicyclic) bond motifs is 1. The first kappa shape index (κ1) is 19.9. The van der Waals surface area contributed by atoms with E-state index in [9.17, 15) is 9.59 Å². The van der Waals surface area contributed by atoms with Gasteiger partial charge in [-0.15, -0.1) is 10.2 Å². The highest BCUT2D eigenvalue weighted by Crippen LogP contribution is 2.51. The summed E-state index contributed by atoms with van der Waals surface area (Å²) in [7, 11) is 0. The number of benzene rings is 2. The van der Waals surface area contributed by atoms with Crippen LogP contribution in [0.1, 0.15) is 59.0 Å². The number of carbonyl (C=O) groups excluding carboxylic acids is 2. The summed E-state index contributed by atoms with van der Waals surface area (Å²) in [5.74, 6) is -0.635. The molecule has 0 bridgehead atoms. The van der Waals surface area contributed by atoms with Gasteiger partial charge in [-0.25, -0.2) is 0 Å². The van der Waals surface area contributed by atoms with E-state index in [-0.39, 0.29) is 11.8 Å². The zero-order chi connectivity index (χ0) is 21.4. The van der Waals surface area contributed by atoms with Crippen molar-refractivity contribution in [1.29, 1.82) is 0 Å². The van der Waals surface area contributed by atoms with Crippen molar-refractivity contribution in [2.75, 3.05) is 10.2 Å². The molecule has 2 heterocycles. The van der Waals surface area contributed by atoms with Crippen LogP contribution in [0.4, 0.5) is 10.8 Å². The lowest BCUT2D eigenvalue weighted by Crippen LogP contribution is -2.62. The Kier molecular flexibility index (Phi) is 5.06. The maximum atomic E-state index is 13.8. The normalized spacial score (nSPS) is 19.8. The number of aryl methyl sites for hydroxylation is 1. The standard InChI is InChI=1S/C24H24N4O2S/c1-16-26-27-23(31-16)25-21(29)20-18-12-6-7-13-19(18)22(30)28(17-10-4-2-5-11-17)24(20)14-8-3-9-15-24/h2,4-7,10-13,20H,3,8-9,14-15H2,1H3,(H,25,27,29)/t20-/m1/s1. The fourth-order valence-electron chi connectivity index (χ4n) is 5.22. The van der Waals surface area contributed by atoms with Gasteiger partial charge in [-0.3, -0.25) is 14.9 Å². The van der Waals surface area contributed by atoms with Crippen LogP contribution in [0.5, 0.6) is 0 Å². The van der Waals surface area contributed by atoms with Gasteiger partial charge >= 0.3 is 0 Å². The molecule has 1 atom stereocenters. The van der Waals surface area contributed by atoms with Crippen molar-refractivity contribution in [3.8, 4) is 0 Å².